The zero-order chi connectivity index (χ0) is 16.3. The monoisotopic (exact) mass is 413 g/mol. The summed E-state index contributed by atoms with van der Waals surface area (Å²) in [4.78, 5) is 22.0. The quantitative estimate of drug-likeness (QED) is 0.309. The number of nitro groups is 1. The van der Waals surface area contributed by atoms with E-state index in [0.717, 1.165) is 9.13 Å². The van der Waals surface area contributed by atoms with Gasteiger partial charge < -0.3 is 5.32 Å². The molecule has 2 aromatic carbocycles. The largest absolute Gasteiger partial charge is 0.354 e. The third-order valence-corrected chi connectivity index (χ3v) is 3.69. The topological polar surface area (TPSA) is 105 Å². The van der Waals surface area contributed by atoms with Gasteiger partial charge >= 0.3 is 0 Å². The fourth-order valence-electron chi connectivity index (χ4n) is 1.92. The predicted molar refractivity (Wildman–Crippen MR) is 89.5 cm³/mol. The molecule has 0 fully saturated rings. The van der Waals surface area contributed by atoms with Crippen molar-refractivity contribution in [1.82, 2.24) is 5.48 Å². The Morgan fingerprint density at radius 3 is 2.55 bits per heavy atom. The average molecular weight is 413 g/mol. The highest BCUT2D eigenvalue weighted by molar-refractivity contribution is 14.1. The lowest BCUT2D eigenvalue weighted by Gasteiger charge is -2.13. The van der Waals surface area contributed by atoms with Crippen LogP contribution in [0.4, 0.5) is 17.1 Å². The lowest BCUT2D eigenvalue weighted by atomic mass is 10.1. The Morgan fingerprint density at radius 1 is 1.23 bits per heavy atom. The van der Waals surface area contributed by atoms with E-state index in [-0.39, 0.29) is 16.9 Å². The summed E-state index contributed by atoms with van der Waals surface area (Å²) in [5.74, 6) is -0.749. The number of anilines is 2. The number of nitrogens with one attached hydrogen (secondary N) is 2. The maximum atomic E-state index is 11.7. The van der Waals surface area contributed by atoms with Crippen molar-refractivity contribution in [2.45, 2.75) is 6.92 Å². The molecule has 3 N–H and O–H groups in total. The molecule has 0 aliphatic heterocycles. The van der Waals surface area contributed by atoms with E-state index >= 15 is 0 Å². The molecule has 0 saturated heterocycles. The van der Waals surface area contributed by atoms with Gasteiger partial charge in [0, 0.05) is 21.4 Å². The standard InChI is InChI=1S/C14H12IN3O4/c1-8-6-9(15)2-5-12(8)16-13-7-10(18(21)22)3-4-11(13)14(19)17-20/h2-7,16,20H,1H3,(H,17,19). The fourth-order valence-corrected chi connectivity index (χ4v) is 2.57. The summed E-state index contributed by atoms with van der Waals surface area (Å²) in [6, 6.07) is 9.37. The molecule has 0 unspecified atom stereocenters. The number of amides is 1. The summed E-state index contributed by atoms with van der Waals surface area (Å²) < 4.78 is 1.05. The number of benzene rings is 2. The van der Waals surface area contributed by atoms with Gasteiger partial charge in [0.1, 0.15) is 0 Å². The molecule has 1 amide bonds. The molecule has 8 heteroatoms. The summed E-state index contributed by atoms with van der Waals surface area (Å²) in [5, 5.41) is 22.7. The highest BCUT2D eigenvalue weighted by Gasteiger charge is 2.16. The molecule has 22 heavy (non-hydrogen) atoms. The second-order valence-corrected chi connectivity index (χ2v) is 5.76. The molecule has 0 aliphatic rings. The van der Waals surface area contributed by atoms with Crippen molar-refractivity contribution >= 4 is 45.6 Å². The molecule has 0 aromatic heterocycles. The normalized spacial score (nSPS) is 10.1. The van der Waals surface area contributed by atoms with Crippen LogP contribution in [0, 0.1) is 20.6 Å². The molecule has 114 valence electrons. The van der Waals surface area contributed by atoms with Crippen LogP contribution in [0.5, 0.6) is 0 Å². The average Bonchev–Trinajstić information content (AvgIpc) is 2.49. The van der Waals surface area contributed by atoms with Crippen molar-refractivity contribution in [3.63, 3.8) is 0 Å². The van der Waals surface area contributed by atoms with Gasteiger partial charge in [-0.15, -0.1) is 0 Å². The first-order valence-electron chi connectivity index (χ1n) is 6.18. The lowest BCUT2D eigenvalue weighted by Crippen LogP contribution is -2.20. The van der Waals surface area contributed by atoms with E-state index in [4.69, 9.17) is 5.21 Å². The molecule has 2 rings (SSSR count). The number of rotatable bonds is 4. The lowest BCUT2D eigenvalue weighted by molar-refractivity contribution is -0.384. The maximum Gasteiger partial charge on any atom is 0.276 e. The minimum absolute atomic E-state index is 0.103. The molecule has 0 aliphatic carbocycles. The van der Waals surface area contributed by atoms with E-state index in [1.807, 2.05) is 25.1 Å². The third kappa shape index (κ3) is 3.52. The molecule has 7 nitrogen and oxygen atoms in total. The highest BCUT2D eigenvalue weighted by atomic mass is 127. The molecule has 0 atom stereocenters. The summed E-state index contributed by atoms with van der Waals surface area (Å²) in [6.07, 6.45) is 0. The van der Waals surface area contributed by atoms with Crippen LogP contribution in [0.25, 0.3) is 0 Å². The van der Waals surface area contributed by atoms with Crippen molar-refractivity contribution in [3.8, 4) is 0 Å². The van der Waals surface area contributed by atoms with E-state index in [1.165, 1.54) is 23.7 Å². The molecular weight excluding hydrogens is 401 g/mol. The van der Waals surface area contributed by atoms with Crippen LogP contribution in [0.15, 0.2) is 36.4 Å². The number of aryl methyl sites for hydroxylation is 1. The fraction of sp³-hybridized carbons (Fsp3) is 0.0714. The summed E-state index contributed by atoms with van der Waals surface area (Å²) in [6.45, 7) is 1.88. The van der Waals surface area contributed by atoms with Crippen LogP contribution in [0.2, 0.25) is 0 Å². The van der Waals surface area contributed by atoms with Crippen molar-refractivity contribution in [3.05, 3.63) is 61.2 Å². The van der Waals surface area contributed by atoms with Gasteiger partial charge in [0.05, 0.1) is 16.2 Å². The number of carbonyl (C=O) groups is 1. The number of halogens is 1. The number of carbonyl (C=O) groups excluding carboxylic acids is 1. The van der Waals surface area contributed by atoms with E-state index in [0.29, 0.717) is 5.69 Å². The maximum absolute atomic E-state index is 11.7. The zero-order valence-electron chi connectivity index (χ0n) is 11.5. The number of hydroxylamine groups is 1. The van der Waals surface area contributed by atoms with Crippen molar-refractivity contribution in [2.24, 2.45) is 0 Å². The predicted octanol–water partition coefficient (Wildman–Crippen LogP) is 3.37. The number of nitrogens with zero attached hydrogens (tertiary/aromatic N) is 1. The minimum Gasteiger partial charge on any atom is -0.354 e. The number of hydrogen-bond donors (Lipinski definition) is 3. The van der Waals surface area contributed by atoms with Gasteiger partial charge in [-0.1, -0.05) is 0 Å². The van der Waals surface area contributed by atoms with Crippen LogP contribution in [0.3, 0.4) is 0 Å². The first-order valence-corrected chi connectivity index (χ1v) is 7.26. The van der Waals surface area contributed by atoms with Gasteiger partial charge in [0.15, 0.2) is 0 Å². The second kappa shape index (κ2) is 6.71. The second-order valence-electron chi connectivity index (χ2n) is 4.51. The van der Waals surface area contributed by atoms with Gasteiger partial charge in [0.2, 0.25) is 0 Å². The zero-order valence-corrected chi connectivity index (χ0v) is 13.6. The molecule has 0 spiro atoms. The van der Waals surface area contributed by atoms with Gasteiger partial charge in [0.25, 0.3) is 11.6 Å². The molecule has 0 heterocycles. The van der Waals surface area contributed by atoms with Gasteiger partial charge in [-0.25, -0.2) is 5.48 Å². The number of hydrogen-bond acceptors (Lipinski definition) is 5. The van der Waals surface area contributed by atoms with E-state index in [9.17, 15) is 14.9 Å². The Balaban J connectivity index is 2.48. The van der Waals surface area contributed by atoms with Crippen molar-refractivity contribution < 1.29 is 14.9 Å². The number of non-ortho nitro benzene ring substituents is 1. The Hall–Kier alpha value is -2.20. The Bertz CT molecular complexity index is 749. The summed E-state index contributed by atoms with van der Waals surface area (Å²) >= 11 is 2.18. The SMILES string of the molecule is Cc1cc(I)ccc1Nc1cc([N+](=O)[O-])ccc1C(=O)NO. The van der Waals surface area contributed by atoms with Crippen LogP contribution in [0.1, 0.15) is 15.9 Å². The summed E-state index contributed by atoms with van der Waals surface area (Å²) in [7, 11) is 0. The van der Waals surface area contributed by atoms with Gasteiger partial charge in [-0.05, 0) is 59.3 Å². The van der Waals surface area contributed by atoms with Crippen LogP contribution in [-0.4, -0.2) is 16.0 Å². The van der Waals surface area contributed by atoms with Gasteiger partial charge in [-0.2, -0.15) is 0 Å². The van der Waals surface area contributed by atoms with Crippen LogP contribution in [-0.2, 0) is 0 Å². The Morgan fingerprint density at radius 2 is 1.95 bits per heavy atom. The van der Waals surface area contributed by atoms with Crippen molar-refractivity contribution in [2.75, 3.05) is 5.32 Å². The third-order valence-electron chi connectivity index (χ3n) is 3.02. The smallest absolute Gasteiger partial charge is 0.276 e. The minimum atomic E-state index is -0.749. The summed E-state index contributed by atoms with van der Waals surface area (Å²) in [5.41, 5.74) is 3.36. The van der Waals surface area contributed by atoms with E-state index < -0.39 is 10.8 Å². The number of nitro benzene ring substituents is 1. The first-order chi connectivity index (χ1) is 10.4. The van der Waals surface area contributed by atoms with Crippen LogP contribution < -0.4 is 10.8 Å². The van der Waals surface area contributed by atoms with Crippen molar-refractivity contribution in [1.29, 1.82) is 0 Å². The molecule has 0 saturated carbocycles. The van der Waals surface area contributed by atoms with Crippen LogP contribution >= 0.6 is 22.6 Å². The van der Waals surface area contributed by atoms with Gasteiger partial charge in [-0.3, -0.25) is 20.1 Å². The highest BCUT2D eigenvalue weighted by Crippen LogP contribution is 2.28. The molecule has 0 bridgehead atoms. The molecular formula is C14H12IN3O4. The Labute approximate surface area is 139 Å². The molecule has 0 radical (unpaired) electrons. The Kier molecular flexibility index (Phi) is 4.93. The first kappa shape index (κ1) is 16.2. The van der Waals surface area contributed by atoms with E-state index in [1.54, 1.807) is 0 Å². The van der Waals surface area contributed by atoms with E-state index in [2.05, 4.69) is 27.9 Å². The molecule has 2 aromatic rings.